The van der Waals surface area contributed by atoms with E-state index in [1.807, 2.05) is 24.3 Å². The molecule has 0 fully saturated rings. The Morgan fingerprint density at radius 2 is 1.88 bits per heavy atom. The van der Waals surface area contributed by atoms with Gasteiger partial charge in [-0.1, -0.05) is 65.9 Å². The average molecular weight is 358 g/mol. The highest BCUT2D eigenvalue weighted by Gasteiger charge is 2.06. The standard InChI is InChI=1S/C23H18O2S/c1-17-11-13-19(14-12-17)22-10-6-4-8-18(22)7-3-5-9-21-15-20(16-26-21)23(24)25-2/h3-4,6-8,10-16H,1-2H3. The zero-order chi connectivity index (χ0) is 18.4. The summed E-state index contributed by atoms with van der Waals surface area (Å²) in [6, 6.07) is 18.5. The maximum Gasteiger partial charge on any atom is 0.338 e. The van der Waals surface area contributed by atoms with E-state index in [4.69, 9.17) is 4.74 Å². The van der Waals surface area contributed by atoms with Gasteiger partial charge in [-0.25, -0.2) is 4.79 Å². The number of methoxy groups -OCH3 is 1. The van der Waals surface area contributed by atoms with E-state index in [-0.39, 0.29) is 5.97 Å². The van der Waals surface area contributed by atoms with Crippen molar-refractivity contribution in [1.29, 1.82) is 0 Å². The molecule has 0 N–H and O–H groups in total. The summed E-state index contributed by atoms with van der Waals surface area (Å²) >= 11 is 1.43. The summed E-state index contributed by atoms with van der Waals surface area (Å²) in [7, 11) is 1.37. The molecule has 0 unspecified atom stereocenters. The molecular formula is C23H18O2S. The van der Waals surface area contributed by atoms with Gasteiger partial charge in [-0.05, 0) is 41.8 Å². The van der Waals surface area contributed by atoms with E-state index in [0.717, 1.165) is 10.4 Å². The zero-order valence-electron chi connectivity index (χ0n) is 14.7. The van der Waals surface area contributed by atoms with Gasteiger partial charge in [0.1, 0.15) is 0 Å². The Labute approximate surface area is 157 Å². The van der Waals surface area contributed by atoms with Gasteiger partial charge in [0.15, 0.2) is 0 Å². The van der Waals surface area contributed by atoms with Crippen molar-refractivity contribution in [2.45, 2.75) is 6.92 Å². The van der Waals surface area contributed by atoms with Crippen molar-refractivity contribution in [2.75, 3.05) is 7.11 Å². The molecule has 0 spiro atoms. The highest BCUT2D eigenvalue weighted by atomic mass is 32.1. The lowest BCUT2D eigenvalue weighted by atomic mass is 9.98. The Kier molecular flexibility index (Phi) is 5.68. The van der Waals surface area contributed by atoms with Gasteiger partial charge in [-0.15, -0.1) is 11.3 Å². The van der Waals surface area contributed by atoms with E-state index >= 15 is 0 Å². The number of aryl methyl sites for hydroxylation is 1. The molecule has 1 heterocycles. The molecule has 2 nitrogen and oxygen atoms in total. The van der Waals surface area contributed by atoms with Crippen LogP contribution in [-0.4, -0.2) is 13.1 Å². The number of thiophene rings is 1. The number of carbonyl (C=O) groups is 1. The van der Waals surface area contributed by atoms with Gasteiger partial charge in [0.05, 0.1) is 17.6 Å². The van der Waals surface area contributed by atoms with E-state index in [0.29, 0.717) is 5.56 Å². The summed E-state index contributed by atoms with van der Waals surface area (Å²) in [4.78, 5) is 12.3. The molecular weight excluding hydrogens is 340 g/mol. The van der Waals surface area contributed by atoms with E-state index in [1.165, 1.54) is 35.1 Å². The summed E-state index contributed by atoms with van der Waals surface area (Å²) in [6.07, 6.45) is 3.85. The monoisotopic (exact) mass is 358 g/mol. The molecule has 128 valence electrons. The van der Waals surface area contributed by atoms with Crippen LogP contribution < -0.4 is 0 Å². The molecule has 0 aliphatic carbocycles. The number of rotatable bonds is 3. The minimum Gasteiger partial charge on any atom is -0.465 e. The third-order valence-corrected chi connectivity index (χ3v) is 4.73. The van der Waals surface area contributed by atoms with Crippen LogP contribution in [0, 0.1) is 18.8 Å². The second-order valence-electron chi connectivity index (χ2n) is 5.75. The van der Waals surface area contributed by atoms with Gasteiger partial charge >= 0.3 is 5.97 Å². The molecule has 0 atom stereocenters. The van der Waals surface area contributed by atoms with Crippen LogP contribution in [0.4, 0.5) is 0 Å². The van der Waals surface area contributed by atoms with Gasteiger partial charge < -0.3 is 4.74 Å². The Bertz CT molecular complexity index is 998. The molecule has 3 aromatic rings. The number of hydrogen-bond donors (Lipinski definition) is 0. The van der Waals surface area contributed by atoms with Crippen molar-refractivity contribution in [2.24, 2.45) is 0 Å². The summed E-state index contributed by atoms with van der Waals surface area (Å²) in [5, 5.41) is 1.76. The fraction of sp³-hybridized carbons (Fsp3) is 0.0870. The second kappa shape index (κ2) is 8.33. The van der Waals surface area contributed by atoms with Crippen LogP contribution >= 0.6 is 11.3 Å². The largest absolute Gasteiger partial charge is 0.465 e. The lowest BCUT2D eigenvalue weighted by Crippen LogP contribution is -1.97. The van der Waals surface area contributed by atoms with Gasteiger partial charge in [0.2, 0.25) is 0 Å². The number of esters is 1. The normalized spacial score (nSPS) is 10.4. The van der Waals surface area contributed by atoms with Crippen molar-refractivity contribution in [1.82, 2.24) is 0 Å². The van der Waals surface area contributed by atoms with Crippen LogP contribution in [0.2, 0.25) is 0 Å². The summed E-state index contributed by atoms with van der Waals surface area (Å²) in [5.41, 5.74) is 5.26. The molecule has 3 heteroatoms. The highest BCUT2D eigenvalue weighted by Crippen LogP contribution is 2.25. The van der Waals surface area contributed by atoms with Gasteiger partial charge in [0.25, 0.3) is 0 Å². The predicted octanol–water partition coefficient (Wildman–Crippen LogP) is 5.58. The molecule has 26 heavy (non-hydrogen) atoms. The first-order valence-corrected chi connectivity index (χ1v) is 9.06. The fourth-order valence-electron chi connectivity index (χ4n) is 2.51. The maximum atomic E-state index is 11.5. The third-order valence-electron chi connectivity index (χ3n) is 3.89. The highest BCUT2D eigenvalue weighted by molar-refractivity contribution is 7.10. The maximum absolute atomic E-state index is 11.5. The third kappa shape index (κ3) is 4.30. The molecule has 1 aromatic heterocycles. The number of allylic oxidation sites excluding steroid dienone is 1. The van der Waals surface area contributed by atoms with Gasteiger partial charge in [-0.2, -0.15) is 0 Å². The molecule has 0 amide bonds. The smallest absolute Gasteiger partial charge is 0.338 e. The van der Waals surface area contributed by atoms with Crippen LogP contribution in [0.5, 0.6) is 0 Å². The van der Waals surface area contributed by atoms with Crippen LogP contribution in [0.25, 0.3) is 17.2 Å². The first-order valence-electron chi connectivity index (χ1n) is 8.18. The number of ether oxygens (including phenoxy) is 1. The average Bonchev–Trinajstić information content (AvgIpc) is 3.15. The number of benzene rings is 2. The van der Waals surface area contributed by atoms with E-state index < -0.39 is 0 Å². The van der Waals surface area contributed by atoms with Crippen LogP contribution in [0.1, 0.15) is 26.4 Å². The molecule has 0 radical (unpaired) electrons. The van der Waals surface area contributed by atoms with Crippen LogP contribution in [0.15, 0.2) is 66.1 Å². The van der Waals surface area contributed by atoms with Crippen molar-refractivity contribution in [3.05, 3.63) is 87.6 Å². The SMILES string of the molecule is COC(=O)c1csc(C#CC=Cc2ccccc2-c2ccc(C)cc2)c1. The topological polar surface area (TPSA) is 26.3 Å². The number of hydrogen-bond acceptors (Lipinski definition) is 3. The summed E-state index contributed by atoms with van der Waals surface area (Å²) < 4.78 is 4.70. The van der Waals surface area contributed by atoms with Crippen molar-refractivity contribution in [3.8, 4) is 23.0 Å². The van der Waals surface area contributed by atoms with Crippen molar-refractivity contribution >= 4 is 23.4 Å². The fourth-order valence-corrected chi connectivity index (χ4v) is 3.24. The molecule has 3 rings (SSSR count). The van der Waals surface area contributed by atoms with Crippen molar-refractivity contribution in [3.63, 3.8) is 0 Å². The Hall–Kier alpha value is -3.09. The Morgan fingerprint density at radius 3 is 2.65 bits per heavy atom. The predicted molar refractivity (Wildman–Crippen MR) is 108 cm³/mol. The molecule has 0 aliphatic heterocycles. The first kappa shape index (κ1) is 17.7. The molecule has 0 saturated carbocycles. The van der Waals surface area contributed by atoms with Gasteiger partial charge in [-0.3, -0.25) is 0 Å². The lowest BCUT2D eigenvalue weighted by Gasteiger charge is -2.06. The zero-order valence-corrected chi connectivity index (χ0v) is 15.5. The minimum absolute atomic E-state index is 0.336. The van der Waals surface area contributed by atoms with Gasteiger partial charge in [0, 0.05) is 5.38 Å². The van der Waals surface area contributed by atoms with E-state index in [1.54, 1.807) is 11.4 Å². The summed E-state index contributed by atoms with van der Waals surface area (Å²) in [5.74, 6) is 5.75. The van der Waals surface area contributed by atoms with Crippen molar-refractivity contribution < 1.29 is 9.53 Å². The Balaban J connectivity index is 1.79. The first-order chi connectivity index (χ1) is 12.7. The lowest BCUT2D eigenvalue weighted by molar-refractivity contribution is 0.0601. The summed E-state index contributed by atoms with van der Waals surface area (Å²) in [6.45, 7) is 2.08. The minimum atomic E-state index is -0.336. The van der Waals surface area contributed by atoms with E-state index in [9.17, 15) is 4.79 Å². The Morgan fingerprint density at radius 1 is 1.12 bits per heavy atom. The molecule has 2 aromatic carbocycles. The quantitative estimate of drug-likeness (QED) is 0.452. The van der Waals surface area contributed by atoms with E-state index in [2.05, 4.69) is 55.2 Å². The van der Waals surface area contributed by atoms with Crippen LogP contribution in [0.3, 0.4) is 0 Å². The second-order valence-corrected chi connectivity index (χ2v) is 6.66. The molecule has 0 aliphatic rings. The molecule has 0 saturated heterocycles. The number of carbonyl (C=O) groups excluding carboxylic acids is 1. The van der Waals surface area contributed by atoms with Crippen LogP contribution in [-0.2, 0) is 4.74 Å². The molecule has 0 bridgehead atoms.